The molecule has 0 unspecified atom stereocenters. The van der Waals surface area contributed by atoms with E-state index < -0.39 is 93.3 Å². The number of hydrogen-bond acceptors (Lipinski definition) is 15. The third kappa shape index (κ3) is 22.0. The third-order valence-corrected chi connectivity index (χ3v) is 6.15. The first-order chi connectivity index (χ1) is 20.7. The Labute approximate surface area is 284 Å². The van der Waals surface area contributed by atoms with Gasteiger partial charge in [-0.25, -0.2) is 0 Å². The van der Waals surface area contributed by atoms with Gasteiger partial charge in [0.25, 0.3) is 0 Å². The van der Waals surface area contributed by atoms with Gasteiger partial charge in [0.1, 0.15) is 0 Å². The van der Waals surface area contributed by atoms with E-state index in [4.69, 9.17) is 5.73 Å². The number of aliphatic carboxylic acids is 3. The molecule has 0 radical (unpaired) electrons. The molecule has 0 aromatic carbocycles. The summed E-state index contributed by atoms with van der Waals surface area (Å²) in [4.78, 5) is 98.4. The molecule has 1 saturated heterocycles. The van der Waals surface area contributed by atoms with Gasteiger partial charge in [-0.1, -0.05) is 0 Å². The number of rotatable bonds is 16. The molecule has 1 aliphatic rings. The van der Waals surface area contributed by atoms with E-state index in [-0.39, 0.29) is 91.6 Å². The molecule has 0 aromatic rings. The van der Waals surface area contributed by atoms with Gasteiger partial charge < -0.3 is 56.7 Å². The maximum atomic E-state index is 12.6. The number of carboxylic acids is 3. The van der Waals surface area contributed by atoms with E-state index in [1.165, 1.54) is 14.7 Å². The zero-order chi connectivity index (χ0) is 33.1. The summed E-state index contributed by atoms with van der Waals surface area (Å²) in [5.41, 5.74) is 4.89. The molecule has 6 N–H and O–H groups in total. The average Bonchev–Trinajstić information content (AvgIpc) is 2.93. The van der Waals surface area contributed by atoms with Crippen LogP contribution in [0.3, 0.4) is 0 Å². The van der Waals surface area contributed by atoms with E-state index >= 15 is 0 Å². The molecule has 0 aromatic heterocycles. The number of hydrogen-bond donors (Lipinski definition) is 5. The molecule has 20 nitrogen and oxygen atoms in total. The summed E-state index contributed by atoms with van der Waals surface area (Å²) >= 11 is 0. The number of primary amides is 1. The quantitative estimate of drug-likeness (QED) is 0.0991. The van der Waals surface area contributed by atoms with E-state index in [0.29, 0.717) is 0 Å². The molecule has 1 aliphatic heterocycles. The van der Waals surface area contributed by atoms with Crippen LogP contribution >= 0.6 is 0 Å². The molecule has 5 amide bonds. The predicted molar refractivity (Wildman–Crippen MR) is 142 cm³/mol. The van der Waals surface area contributed by atoms with Gasteiger partial charge in [0.15, 0.2) is 0 Å². The van der Waals surface area contributed by atoms with E-state index in [1.54, 1.807) is 4.90 Å². The number of nitrogens with zero attached hydrogens (tertiary/aromatic N) is 4. The van der Waals surface area contributed by atoms with Gasteiger partial charge in [-0.2, -0.15) is 0 Å². The Hall–Kier alpha value is -3.30. The van der Waals surface area contributed by atoms with Crippen molar-refractivity contribution >= 4 is 47.4 Å². The van der Waals surface area contributed by atoms with E-state index in [1.807, 2.05) is 0 Å². The first kappa shape index (κ1) is 41.7. The van der Waals surface area contributed by atoms with Crippen LogP contribution in [0.25, 0.3) is 0 Å². The number of carboxylic acid groups (broad SMARTS) is 3. The molecule has 0 aliphatic carbocycles. The van der Waals surface area contributed by atoms with Crippen LogP contribution in [0.5, 0.6) is 0 Å². The minimum absolute atomic E-state index is 0. The van der Waals surface area contributed by atoms with E-state index in [2.05, 4.69) is 21.3 Å². The molecule has 1 fully saturated rings. The van der Waals surface area contributed by atoms with Crippen LogP contribution < -0.4 is 42.3 Å². The van der Waals surface area contributed by atoms with Crippen molar-refractivity contribution in [1.82, 2.24) is 40.9 Å². The van der Waals surface area contributed by atoms with Gasteiger partial charge in [-0.3, -0.25) is 43.6 Å². The van der Waals surface area contributed by atoms with Crippen LogP contribution in [0.2, 0.25) is 0 Å². The smallest absolute Gasteiger partial charge is 0.549 e. The Balaban J connectivity index is 0.0000194. The van der Waals surface area contributed by atoms with Crippen molar-refractivity contribution < 1.29 is 86.4 Å². The molecule has 0 bridgehead atoms. The summed E-state index contributed by atoms with van der Waals surface area (Å²) < 4.78 is 0. The fourth-order valence-corrected chi connectivity index (χ4v) is 3.93. The first-order valence-corrected chi connectivity index (χ1v) is 13.6. The van der Waals surface area contributed by atoms with E-state index in [9.17, 15) is 53.7 Å². The monoisotopic (exact) mass is 717 g/mol. The Morgan fingerprint density at radius 1 is 0.444 bits per heavy atom. The van der Waals surface area contributed by atoms with Crippen molar-refractivity contribution in [3.63, 3.8) is 0 Å². The number of nitrogens with two attached hydrogens (primary N) is 1. The van der Waals surface area contributed by atoms with Crippen LogP contribution in [0.15, 0.2) is 0 Å². The molecular weight excluding hydrogens is 679 g/mol. The second-order valence-electron chi connectivity index (χ2n) is 9.79. The van der Waals surface area contributed by atoms with Crippen molar-refractivity contribution in [2.24, 2.45) is 5.73 Å². The topological polar surface area (TPSA) is 293 Å². The van der Waals surface area contributed by atoms with Crippen LogP contribution in [-0.4, -0.2) is 172 Å². The Morgan fingerprint density at radius 3 is 0.956 bits per heavy atom. The Bertz CT molecular complexity index is 1020. The standard InChI is InChI=1S/C24H41N9O11.Y/c25-17(34)9-26-18(35)10-27-19(36)11-28-20(37)12-29-21(38)13-30-1-3-31(14-22(39)40)5-7-33(16-24(43)44)8-6-32(4-2-30)15-23(41)42;/h1-16H2,(H2,25,34)(H,26,35)(H,27,36)(H,28,37)(H,29,38)(H,39,40)(H,41,42)(H,43,44);/q;+3/p-3. The summed E-state index contributed by atoms with van der Waals surface area (Å²) in [6, 6.07) is 0. The van der Waals surface area contributed by atoms with E-state index in [0.717, 1.165) is 0 Å². The number of amides is 5. The molecular formula is C24H38N9O11Y. The molecule has 21 heteroatoms. The Kier molecular flexibility index (Phi) is 21.4. The molecule has 248 valence electrons. The summed E-state index contributed by atoms with van der Waals surface area (Å²) in [5.74, 6) is -7.46. The van der Waals surface area contributed by atoms with Crippen LogP contribution in [0.4, 0.5) is 0 Å². The van der Waals surface area contributed by atoms with Crippen LogP contribution in [0, 0.1) is 0 Å². The molecule has 0 spiro atoms. The van der Waals surface area contributed by atoms with Crippen LogP contribution in [-0.2, 0) is 71.1 Å². The molecule has 0 atom stereocenters. The molecule has 1 heterocycles. The zero-order valence-electron chi connectivity index (χ0n) is 24.7. The minimum Gasteiger partial charge on any atom is -0.549 e. The molecule has 45 heavy (non-hydrogen) atoms. The van der Waals surface area contributed by atoms with Crippen molar-refractivity contribution in [3.8, 4) is 0 Å². The summed E-state index contributed by atoms with van der Waals surface area (Å²) in [6.07, 6.45) is 0. The molecule has 1 rings (SSSR count). The predicted octanol–water partition coefficient (Wildman–Crippen LogP) is -10.6. The van der Waals surface area contributed by atoms with Crippen molar-refractivity contribution in [3.05, 3.63) is 0 Å². The fourth-order valence-electron chi connectivity index (χ4n) is 3.93. The molecule has 0 saturated carbocycles. The second kappa shape index (κ2) is 23.1. The number of nitrogens with one attached hydrogen (secondary N) is 4. The Morgan fingerprint density at radius 2 is 0.689 bits per heavy atom. The van der Waals surface area contributed by atoms with Gasteiger partial charge in [-0.05, 0) is 0 Å². The minimum atomic E-state index is -1.35. The summed E-state index contributed by atoms with van der Waals surface area (Å²) in [6.45, 7) is -2.15. The third-order valence-electron chi connectivity index (χ3n) is 6.15. The summed E-state index contributed by atoms with van der Waals surface area (Å²) in [7, 11) is 0. The van der Waals surface area contributed by atoms with Gasteiger partial charge >= 0.3 is 32.7 Å². The van der Waals surface area contributed by atoms with Gasteiger partial charge in [0, 0.05) is 72.0 Å². The van der Waals surface area contributed by atoms with Crippen LogP contribution in [0.1, 0.15) is 0 Å². The SMILES string of the molecule is NC(=O)CNC(=O)CNC(=O)CNC(=O)CNC(=O)CN1CCN(CC(=O)[O-])CCN(CC(=O)[O-])CCN(CC(=O)[O-])CC1.[Y+3]. The number of carbonyl (C=O) groups is 8. The zero-order valence-corrected chi connectivity index (χ0v) is 27.6. The average molecular weight is 718 g/mol. The number of carbonyl (C=O) groups excluding carboxylic acids is 8. The van der Waals surface area contributed by atoms with Crippen molar-refractivity contribution in [2.75, 3.05) is 105 Å². The van der Waals surface area contributed by atoms with Gasteiger partial charge in [0.2, 0.25) is 29.5 Å². The largest absolute Gasteiger partial charge is 3.00 e. The maximum Gasteiger partial charge on any atom is 3.00 e. The second-order valence-corrected chi connectivity index (χ2v) is 9.79. The van der Waals surface area contributed by atoms with Gasteiger partial charge in [-0.15, -0.1) is 0 Å². The normalized spacial score (nSPS) is 15.6. The van der Waals surface area contributed by atoms with Crippen molar-refractivity contribution in [2.45, 2.75) is 0 Å². The first-order valence-electron chi connectivity index (χ1n) is 13.6. The van der Waals surface area contributed by atoms with Crippen molar-refractivity contribution in [1.29, 1.82) is 0 Å². The maximum absolute atomic E-state index is 12.6. The fraction of sp³-hybridized carbons (Fsp3) is 0.667. The summed E-state index contributed by atoms with van der Waals surface area (Å²) in [5, 5.41) is 42.7. The van der Waals surface area contributed by atoms with Gasteiger partial charge in [0.05, 0.1) is 50.6 Å².